The van der Waals surface area contributed by atoms with Crippen LogP contribution in [-0.4, -0.2) is 49.6 Å². The minimum atomic E-state index is -0.795. The standard InChI is InChI=1S/C9H13N5O2S/c10-13-8-6-11-7(5-12-8)9(15)14-1-3-17(16)4-2-14/h5-6H,1-4,10H2,(H,12,13). The van der Waals surface area contributed by atoms with Crippen molar-refractivity contribution in [2.75, 3.05) is 30.0 Å². The van der Waals surface area contributed by atoms with E-state index < -0.39 is 10.8 Å². The molecule has 0 saturated carbocycles. The Kier molecular flexibility index (Phi) is 3.64. The average Bonchev–Trinajstić information content (AvgIpc) is 2.39. The highest BCUT2D eigenvalue weighted by atomic mass is 32.2. The zero-order valence-corrected chi connectivity index (χ0v) is 9.94. The predicted octanol–water partition coefficient (Wildman–Crippen LogP) is -1.03. The number of amides is 1. The summed E-state index contributed by atoms with van der Waals surface area (Å²) in [5, 5.41) is 0. The maximum atomic E-state index is 12.0. The molecule has 2 heterocycles. The predicted molar refractivity (Wildman–Crippen MR) is 63.6 cm³/mol. The highest BCUT2D eigenvalue weighted by Gasteiger charge is 2.22. The number of rotatable bonds is 2. The topological polar surface area (TPSA) is 101 Å². The molecule has 0 unspecified atom stereocenters. The van der Waals surface area contributed by atoms with E-state index in [0.717, 1.165) is 0 Å². The number of hydrogen-bond donors (Lipinski definition) is 2. The molecule has 0 spiro atoms. The summed E-state index contributed by atoms with van der Waals surface area (Å²) in [5.41, 5.74) is 2.61. The van der Waals surface area contributed by atoms with Crippen molar-refractivity contribution in [2.45, 2.75) is 0 Å². The van der Waals surface area contributed by atoms with Gasteiger partial charge in [0.15, 0.2) is 5.82 Å². The summed E-state index contributed by atoms with van der Waals surface area (Å²) < 4.78 is 11.2. The fourth-order valence-electron chi connectivity index (χ4n) is 1.52. The van der Waals surface area contributed by atoms with Gasteiger partial charge in [0, 0.05) is 35.4 Å². The van der Waals surface area contributed by atoms with E-state index in [4.69, 9.17) is 5.84 Å². The van der Waals surface area contributed by atoms with Gasteiger partial charge in [0.2, 0.25) is 0 Å². The maximum absolute atomic E-state index is 12.0. The van der Waals surface area contributed by atoms with E-state index in [1.54, 1.807) is 4.90 Å². The van der Waals surface area contributed by atoms with E-state index in [0.29, 0.717) is 30.4 Å². The number of carbonyl (C=O) groups is 1. The van der Waals surface area contributed by atoms with Crippen molar-refractivity contribution in [3.05, 3.63) is 18.1 Å². The summed E-state index contributed by atoms with van der Waals surface area (Å²) in [7, 11) is -0.795. The van der Waals surface area contributed by atoms with E-state index in [9.17, 15) is 9.00 Å². The van der Waals surface area contributed by atoms with Gasteiger partial charge in [-0.25, -0.2) is 15.8 Å². The van der Waals surface area contributed by atoms with E-state index in [1.165, 1.54) is 12.4 Å². The van der Waals surface area contributed by atoms with Crippen molar-refractivity contribution in [2.24, 2.45) is 5.84 Å². The summed E-state index contributed by atoms with van der Waals surface area (Å²) in [6.45, 7) is 1.01. The Morgan fingerprint density at radius 1 is 1.35 bits per heavy atom. The molecule has 1 amide bonds. The summed E-state index contributed by atoms with van der Waals surface area (Å²) in [6.07, 6.45) is 2.78. The van der Waals surface area contributed by atoms with Crippen molar-refractivity contribution < 1.29 is 9.00 Å². The van der Waals surface area contributed by atoms with Crippen molar-refractivity contribution in [1.29, 1.82) is 0 Å². The first-order valence-corrected chi connectivity index (χ1v) is 6.62. The lowest BCUT2D eigenvalue weighted by Gasteiger charge is -2.25. The molecule has 2 rings (SSSR count). The second-order valence-electron chi connectivity index (χ2n) is 3.57. The fraction of sp³-hybridized carbons (Fsp3) is 0.444. The van der Waals surface area contributed by atoms with Gasteiger partial charge >= 0.3 is 0 Å². The number of hydrogen-bond acceptors (Lipinski definition) is 6. The van der Waals surface area contributed by atoms with Gasteiger partial charge in [0.25, 0.3) is 5.91 Å². The van der Waals surface area contributed by atoms with Crippen LogP contribution < -0.4 is 11.3 Å². The molecule has 8 heteroatoms. The van der Waals surface area contributed by atoms with Crippen LogP contribution in [0.25, 0.3) is 0 Å². The summed E-state index contributed by atoms with van der Waals surface area (Å²) in [5.74, 6) is 6.43. The van der Waals surface area contributed by atoms with Gasteiger partial charge in [-0.15, -0.1) is 0 Å². The number of nitrogen functional groups attached to an aromatic ring is 1. The van der Waals surface area contributed by atoms with Crippen LogP contribution in [0.4, 0.5) is 5.82 Å². The monoisotopic (exact) mass is 255 g/mol. The van der Waals surface area contributed by atoms with Gasteiger partial charge in [-0.3, -0.25) is 9.00 Å². The van der Waals surface area contributed by atoms with Crippen LogP contribution in [0.5, 0.6) is 0 Å². The molecule has 0 atom stereocenters. The molecule has 1 aliphatic rings. The minimum Gasteiger partial charge on any atom is -0.335 e. The molecule has 0 aliphatic carbocycles. The van der Waals surface area contributed by atoms with Crippen LogP contribution >= 0.6 is 0 Å². The smallest absolute Gasteiger partial charge is 0.274 e. The van der Waals surface area contributed by atoms with Crippen LogP contribution in [0.2, 0.25) is 0 Å². The van der Waals surface area contributed by atoms with Gasteiger partial charge < -0.3 is 10.3 Å². The molecular weight excluding hydrogens is 242 g/mol. The third-order valence-corrected chi connectivity index (χ3v) is 3.76. The Labute approximate surface area is 101 Å². The Bertz CT molecular complexity index is 426. The van der Waals surface area contributed by atoms with Gasteiger partial charge in [0.1, 0.15) is 5.69 Å². The number of aromatic nitrogens is 2. The number of hydrazine groups is 1. The lowest BCUT2D eigenvalue weighted by atomic mass is 10.3. The Morgan fingerprint density at radius 2 is 2.06 bits per heavy atom. The van der Waals surface area contributed by atoms with Crippen LogP contribution in [0.3, 0.4) is 0 Å². The van der Waals surface area contributed by atoms with Crippen molar-refractivity contribution in [3.63, 3.8) is 0 Å². The van der Waals surface area contributed by atoms with Gasteiger partial charge in [-0.2, -0.15) is 0 Å². The van der Waals surface area contributed by atoms with E-state index in [2.05, 4.69) is 15.4 Å². The minimum absolute atomic E-state index is 0.183. The fourth-order valence-corrected chi connectivity index (χ4v) is 2.57. The zero-order chi connectivity index (χ0) is 12.3. The number of anilines is 1. The van der Waals surface area contributed by atoms with Gasteiger partial charge in [-0.1, -0.05) is 0 Å². The maximum Gasteiger partial charge on any atom is 0.274 e. The molecule has 7 nitrogen and oxygen atoms in total. The summed E-state index contributed by atoms with van der Waals surface area (Å²) >= 11 is 0. The largest absolute Gasteiger partial charge is 0.335 e. The first kappa shape index (κ1) is 11.9. The van der Waals surface area contributed by atoms with E-state index in [-0.39, 0.29) is 11.6 Å². The third-order valence-electron chi connectivity index (χ3n) is 2.48. The second-order valence-corrected chi connectivity index (χ2v) is 5.27. The molecule has 92 valence electrons. The Morgan fingerprint density at radius 3 is 2.59 bits per heavy atom. The Balaban J connectivity index is 2.05. The highest BCUT2D eigenvalue weighted by Crippen LogP contribution is 2.07. The zero-order valence-electron chi connectivity index (χ0n) is 9.13. The highest BCUT2D eigenvalue weighted by molar-refractivity contribution is 7.85. The lowest BCUT2D eigenvalue weighted by Crippen LogP contribution is -2.42. The molecule has 1 aliphatic heterocycles. The lowest BCUT2D eigenvalue weighted by molar-refractivity contribution is 0.0765. The summed E-state index contributed by atoms with van der Waals surface area (Å²) in [4.78, 5) is 21.5. The molecule has 1 aromatic heterocycles. The second kappa shape index (κ2) is 5.19. The SMILES string of the molecule is NNc1cnc(C(=O)N2CCS(=O)CC2)cn1. The first-order chi connectivity index (χ1) is 8.20. The molecule has 0 aromatic carbocycles. The van der Waals surface area contributed by atoms with Crippen LogP contribution in [-0.2, 0) is 10.8 Å². The van der Waals surface area contributed by atoms with Crippen molar-refractivity contribution >= 4 is 22.5 Å². The molecular formula is C9H13N5O2S. The van der Waals surface area contributed by atoms with E-state index in [1.807, 2.05) is 0 Å². The van der Waals surface area contributed by atoms with Crippen molar-refractivity contribution in [1.82, 2.24) is 14.9 Å². The normalized spacial score (nSPS) is 16.9. The first-order valence-electron chi connectivity index (χ1n) is 5.13. The Hall–Kier alpha value is -1.54. The quantitative estimate of drug-likeness (QED) is 0.517. The summed E-state index contributed by atoms with van der Waals surface area (Å²) in [6, 6.07) is 0. The van der Waals surface area contributed by atoms with Crippen molar-refractivity contribution in [3.8, 4) is 0 Å². The number of nitrogens with zero attached hydrogens (tertiary/aromatic N) is 3. The molecule has 0 bridgehead atoms. The third kappa shape index (κ3) is 2.77. The molecule has 0 radical (unpaired) electrons. The van der Waals surface area contributed by atoms with Gasteiger partial charge in [0.05, 0.1) is 12.4 Å². The molecule has 1 fully saturated rings. The van der Waals surface area contributed by atoms with E-state index >= 15 is 0 Å². The van der Waals surface area contributed by atoms with Crippen LogP contribution in [0.15, 0.2) is 12.4 Å². The molecule has 3 N–H and O–H groups in total. The molecule has 17 heavy (non-hydrogen) atoms. The number of nitrogens with two attached hydrogens (primary N) is 1. The van der Waals surface area contributed by atoms with Crippen LogP contribution in [0, 0.1) is 0 Å². The molecule has 1 aromatic rings. The van der Waals surface area contributed by atoms with Crippen LogP contribution in [0.1, 0.15) is 10.5 Å². The number of nitrogens with one attached hydrogen (secondary N) is 1. The molecule has 1 saturated heterocycles. The number of carbonyl (C=O) groups excluding carboxylic acids is 1. The average molecular weight is 255 g/mol. The van der Waals surface area contributed by atoms with Gasteiger partial charge in [-0.05, 0) is 0 Å².